The van der Waals surface area contributed by atoms with Gasteiger partial charge in [-0.05, 0) is 19.4 Å². The van der Waals surface area contributed by atoms with Crippen LogP contribution in [0.25, 0.3) is 0 Å². The van der Waals surface area contributed by atoms with E-state index in [-0.39, 0.29) is 0 Å². The molecule has 0 aliphatic carbocycles. The molecule has 1 aliphatic heterocycles. The maximum absolute atomic E-state index is 11.2. The van der Waals surface area contributed by atoms with Crippen LogP contribution in [-0.4, -0.2) is 16.9 Å². The molecule has 0 aromatic carbocycles. The molecule has 15 heavy (non-hydrogen) atoms. The first-order valence-electron chi connectivity index (χ1n) is 5.08. The zero-order chi connectivity index (χ0) is 11.2. The van der Waals surface area contributed by atoms with Crippen molar-refractivity contribution in [3.8, 4) is 0 Å². The Morgan fingerprint density at radius 1 is 1.53 bits per heavy atom. The molecule has 4 heteroatoms. The lowest BCUT2D eigenvalue weighted by Gasteiger charge is -2.11. The van der Waals surface area contributed by atoms with Gasteiger partial charge < -0.3 is 11.1 Å². The standard InChI is InChI=1S/C11H15N3O/c1-5-7(3)14-11-9(5)6(2)8(4-13-11)10(12)15/h4-5,7H,1-3H3,(H2,12,15)(H,13,14). The van der Waals surface area contributed by atoms with Gasteiger partial charge in [0.25, 0.3) is 5.91 Å². The second-order valence-electron chi connectivity index (χ2n) is 4.15. The van der Waals surface area contributed by atoms with E-state index in [0.29, 0.717) is 17.5 Å². The predicted octanol–water partition coefficient (Wildman–Crippen LogP) is 1.41. The van der Waals surface area contributed by atoms with Crippen molar-refractivity contribution in [1.29, 1.82) is 0 Å². The van der Waals surface area contributed by atoms with Gasteiger partial charge in [0.05, 0.1) is 5.56 Å². The van der Waals surface area contributed by atoms with Crippen molar-refractivity contribution < 1.29 is 4.79 Å². The average Bonchev–Trinajstić information content (AvgIpc) is 2.43. The van der Waals surface area contributed by atoms with E-state index in [1.807, 2.05) is 6.92 Å². The summed E-state index contributed by atoms with van der Waals surface area (Å²) in [6, 6.07) is 0.356. The minimum atomic E-state index is -0.408. The fourth-order valence-electron chi connectivity index (χ4n) is 2.13. The molecule has 0 saturated carbocycles. The predicted molar refractivity (Wildman–Crippen MR) is 59.0 cm³/mol. The average molecular weight is 205 g/mol. The van der Waals surface area contributed by atoms with E-state index < -0.39 is 5.91 Å². The SMILES string of the molecule is Cc1c(C(N)=O)cnc2c1C(C)C(C)N2. The smallest absolute Gasteiger partial charge is 0.250 e. The van der Waals surface area contributed by atoms with Gasteiger partial charge in [-0.1, -0.05) is 6.92 Å². The summed E-state index contributed by atoms with van der Waals surface area (Å²) in [6.07, 6.45) is 1.55. The highest BCUT2D eigenvalue weighted by molar-refractivity contribution is 5.95. The molecule has 80 valence electrons. The summed E-state index contributed by atoms with van der Waals surface area (Å²) < 4.78 is 0. The minimum Gasteiger partial charge on any atom is -0.367 e. The molecule has 1 aromatic heterocycles. The number of fused-ring (bicyclic) bond motifs is 1. The van der Waals surface area contributed by atoms with Crippen molar-refractivity contribution in [3.05, 3.63) is 22.9 Å². The summed E-state index contributed by atoms with van der Waals surface area (Å²) in [5.74, 6) is 0.846. The number of anilines is 1. The van der Waals surface area contributed by atoms with Gasteiger partial charge in [0.1, 0.15) is 5.82 Å². The Morgan fingerprint density at radius 3 is 2.80 bits per heavy atom. The normalized spacial score (nSPS) is 23.4. The lowest BCUT2D eigenvalue weighted by atomic mass is 9.93. The molecule has 0 radical (unpaired) electrons. The van der Waals surface area contributed by atoms with Crippen LogP contribution in [0.15, 0.2) is 6.20 Å². The van der Waals surface area contributed by atoms with E-state index in [0.717, 1.165) is 16.9 Å². The number of hydrogen-bond donors (Lipinski definition) is 2. The van der Waals surface area contributed by atoms with Crippen LogP contribution < -0.4 is 11.1 Å². The summed E-state index contributed by atoms with van der Waals surface area (Å²) in [5.41, 5.74) is 7.89. The molecule has 0 bridgehead atoms. The van der Waals surface area contributed by atoms with Gasteiger partial charge in [0, 0.05) is 23.7 Å². The topological polar surface area (TPSA) is 68.0 Å². The Kier molecular flexibility index (Phi) is 2.14. The zero-order valence-electron chi connectivity index (χ0n) is 9.16. The Morgan fingerprint density at radius 2 is 2.20 bits per heavy atom. The number of nitrogens with one attached hydrogen (secondary N) is 1. The van der Waals surface area contributed by atoms with Crippen LogP contribution in [0.3, 0.4) is 0 Å². The first kappa shape index (κ1) is 9.96. The monoisotopic (exact) mass is 205 g/mol. The van der Waals surface area contributed by atoms with Gasteiger partial charge in [0.15, 0.2) is 0 Å². The number of pyridine rings is 1. The van der Waals surface area contributed by atoms with E-state index in [1.165, 1.54) is 0 Å². The molecule has 2 heterocycles. The summed E-state index contributed by atoms with van der Waals surface area (Å²) in [6.45, 7) is 6.16. The molecule has 3 N–H and O–H groups in total. The molecule has 4 nitrogen and oxygen atoms in total. The van der Waals surface area contributed by atoms with E-state index in [9.17, 15) is 4.79 Å². The summed E-state index contributed by atoms with van der Waals surface area (Å²) in [5, 5.41) is 3.29. The Labute approximate surface area is 88.9 Å². The van der Waals surface area contributed by atoms with E-state index in [4.69, 9.17) is 5.73 Å². The number of rotatable bonds is 1. The van der Waals surface area contributed by atoms with Crippen LogP contribution in [0.4, 0.5) is 5.82 Å². The van der Waals surface area contributed by atoms with Crippen LogP contribution in [0.2, 0.25) is 0 Å². The van der Waals surface area contributed by atoms with Gasteiger partial charge in [0.2, 0.25) is 0 Å². The quantitative estimate of drug-likeness (QED) is 0.728. The molecule has 0 spiro atoms. The van der Waals surface area contributed by atoms with Gasteiger partial charge in [-0.15, -0.1) is 0 Å². The van der Waals surface area contributed by atoms with Crippen LogP contribution >= 0.6 is 0 Å². The molecule has 2 atom stereocenters. The number of aromatic nitrogens is 1. The first-order valence-corrected chi connectivity index (χ1v) is 5.08. The Balaban J connectivity index is 2.59. The molecular weight excluding hydrogens is 190 g/mol. The number of amides is 1. The number of nitrogens with zero attached hydrogens (tertiary/aromatic N) is 1. The molecule has 1 aromatic rings. The van der Waals surface area contributed by atoms with Gasteiger partial charge >= 0.3 is 0 Å². The van der Waals surface area contributed by atoms with Crippen LogP contribution in [0.1, 0.15) is 41.3 Å². The number of primary amides is 1. The lowest BCUT2D eigenvalue weighted by Crippen LogP contribution is -2.15. The number of hydrogen-bond acceptors (Lipinski definition) is 3. The van der Waals surface area contributed by atoms with Crippen LogP contribution in [0, 0.1) is 6.92 Å². The van der Waals surface area contributed by atoms with Crippen molar-refractivity contribution in [2.45, 2.75) is 32.7 Å². The molecule has 2 unspecified atom stereocenters. The Hall–Kier alpha value is -1.58. The van der Waals surface area contributed by atoms with Crippen molar-refractivity contribution in [2.24, 2.45) is 5.73 Å². The number of nitrogens with two attached hydrogens (primary N) is 1. The van der Waals surface area contributed by atoms with Crippen molar-refractivity contribution >= 4 is 11.7 Å². The summed E-state index contributed by atoms with van der Waals surface area (Å²) in [4.78, 5) is 15.4. The van der Waals surface area contributed by atoms with Gasteiger partial charge in [-0.25, -0.2) is 4.98 Å². The van der Waals surface area contributed by atoms with Crippen molar-refractivity contribution in [3.63, 3.8) is 0 Å². The van der Waals surface area contributed by atoms with Crippen molar-refractivity contribution in [1.82, 2.24) is 4.98 Å². The maximum atomic E-state index is 11.2. The third kappa shape index (κ3) is 1.37. The molecule has 1 amide bonds. The second-order valence-corrected chi connectivity index (χ2v) is 4.15. The molecule has 1 aliphatic rings. The summed E-state index contributed by atoms with van der Waals surface area (Å²) in [7, 11) is 0. The summed E-state index contributed by atoms with van der Waals surface area (Å²) >= 11 is 0. The zero-order valence-corrected chi connectivity index (χ0v) is 9.16. The third-order valence-electron chi connectivity index (χ3n) is 3.22. The second kappa shape index (κ2) is 3.22. The number of carbonyl (C=O) groups excluding carboxylic acids is 1. The highest BCUT2D eigenvalue weighted by Crippen LogP contribution is 2.37. The minimum absolute atomic E-state index is 0.356. The fourth-order valence-corrected chi connectivity index (χ4v) is 2.13. The molecule has 2 rings (SSSR count). The van der Waals surface area contributed by atoms with E-state index in [2.05, 4.69) is 24.1 Å². The van der Waals surface area contributed by atoms with Gasteiger partial charge in [-0.3, -0.25) is 4.79 Å². The van der Waals surface area contributed by atoms with E-state index >= 15 is 0 Å². The lowest BCUT2D eigenvalue weighted by molar-refractivity contribution is 0.0999. The highest BCUT2D eigenvalue weighted by atomic mass is 16.1. The first-order chi connectivity index (χ1) is 7.02. The Bertz CT molecular complexity index is 428. The third-order valence-corrected chi connectivity index (χ3v) is 3.22. The fraction of sp³-hybridized carbons (Fsp3) is 0.455. The van der Waals surface area contributed by atoms with Crippen molar-refractivity contribution in [2.75, 3.05) is 5.32 Å². The largest absolute Gasteiger partial charge is 0.367 e. The van der Waals surface area contributed by atoms with Crippen LogP contribution in [0.5, 0.6) is 0 Å². The molecular formula is C11H15N3O. The van der Waals surface area contributed by atoms with Gasteiger partial charge in [-0.2, -0.15) is 0 Å². The number of carbonyl (C=O) groups is 1. The molecule has 0 fully saturated rings. The van der Waals surface area contributed by atoms with E-state index in [1.54, 1.807) is 6.20 Å². The highest BCUT2D eigenvalue weighted by Gasteiger charge is 2.29. The molecule has 0 saturated heterocycles. The van der Waals surface area contributed by atoms with Crippen LogP contribution in [-0.2, 0) is 0 Å². The maximum Gasteiger partial charge on any atom is 0.250 e.